The smallest absolute Gasteiger partial charge is 0.243 e. The summed E-state index contributed by atoms with van der Waals surface area (Å²) in [6.45, 7) is 1.96. The number of nitrogens with one attached hydrogen (secondary N) is 1. The summed E-state index contributed by atoms with van der Waals surface area (Å²) in [6, 6.07) is 4.12. The van der Waals surface area contributed by atoms with Crippen LogP contribution in [0.3, 0.4) is 0 Å². The zero-order chi connectivity index (χ0) is 17.7. The molecule has 1 aromatic rings. The minimum Gasteiger partial charge on any atom is -0.351 e. The topological polar surface area (TPSA) is 66.5 Å². The Morgan fingerprint density at radius 3 is 2.50 bits per heavy atom. The van der Waals surface area contributed by atoms with Crippen molar-refractivity contribution < 1.29 is 17.6 Å². The van der Waals surface area contributed by atoms with Gasteiger partial charge in [-0.2, -0.15) is 0 Å². The molecule has 7 heteroatoms. The Morgan fingerprint density at radius 1 is 1.29 bits per heavy atom. The van der Waals surface area contributed by atoms with E-state index in [1.165, 1.54) is 43.2 Å². The lowest BCUT2D eigenvalue weighted by molar-refractivity contribution is -0.121. The predicted molar refractivity (Wildman–Crippen MR) is 92.7 cm³/mol. The third-order valence-corrected chi connectivity index (χ3v) is 5.29. The summed E-state index contributed by atoms with van der Waals surface area (Å²) in [6.07, 6.45) is 7.42. The van der Waals surface area contributed by atoms with Gasteiger partial charge in [-0.1, -0.05) is 11.6 Å². The van der Waals surface area contributed by atoms with Gasteiger partial charge in [0.05, 0.1) is 11.9 Å². The molecule has 0 saturated carbocycles. The van der Waals surface area contributed by atoms with Gasteiger partial charge in [-0.05, 0) is 56.9 Å². The Kier molecular flexibility index (Phi) is 5.99. The van der Waals surface area contributed by atoms with Crippen molar-refractivity contribution in [1.82, 2.24) is 5.32 Å². The highest BCUT2D eigenvalue weighted by atomic mass is 32.2. The predicted octanol–water partition coefficient (Wildman–Crippen LogP) is 2.60. The highest BCUT2D eigenvalue weighted by molar-refractivity contribution is 7.92. The number of sulfonamides is 1. The lowest BCUT2D eigenvalue weighted by atomic mass is 10.00. The van der Waals surface area contributed by atoms with Gasteiger partial charge in [0.15, 0.2) is 0 Å². The zero-order valence-corrected chi connectivity index (χ0v) is 14.8. The van der Waals surface area contributed by atoms with Gasteiger partial charge in [-0.25, -0.2) is 12.8 Å². The van der Waals surface area contributed by atoms with Crippen molar-refractivity contribution in [3.8, 4) is 0 Å². The quantitative estimate of drug-likeness (QED) is 0.799. The van der Waals surface area contributed by atoms with Crippen LogP contribution in [0.15, 0.2) is 35.9 Å². The average molecular weight is 354 g/mol. The molecule has 1 N–H and O–H groups in total. The van der Waals surface area contributed by atoms with Crippen LogP contribution in [0.2, 0.25) is 0 Å². The number of hydrogen-bond acceptors (Lipinski definition) is 3. The lowest BCUT2D eigenvalue weighted by Crippen LogP contribution is -2.48. The molecule has 0 saturated heterocycles. The fourth-order valence-corrected chi connectivity index (χ4v) is 3.99. The number of benzene rings is 1. The molecule has 1 aromatic carbocycles. The molecular formula is C17H23FN2O3S. The molecule has 1 aliphatic carbocycles. The summed E-state index contributed by atoms with van der Waals surface area (Å²) >= 11 is 0. The van der Waals surface area contributed by atoms with Crippen LogP contribution in [0.4, 0.5) is 10.1 Å². The van der Waals surface area contributed by atoms with Crippen LogP contribution in [0, 0.1) is 5.82 Å². The number of carbonyl (C=O) groups excluding carboxylic acids is 1. The van der Waals surface area contributed by atoms with E-state index in [0.717, 1.165) is 29.8 Å². The summed E-state index contributed by atoms with van der Waals surface area (Å²) in [7, 11) is -3.68. The maximum absolute atomic E-state index is 13.1. The number of allylic oxidation sites excluding steroid dienone is 1. The molecule has 0 spiro atoms. The number of carbonyl (C=O) groups is 1. The first kappa shape index (κ1) is 18.4. The summed E-state index contributed by atoms with van der Waals surface area (Å²) in [4.78, 5) is 12.4. The van der Waals surface area contributed by atoms with Crippen molar-refractivity contribution >= 4 is 21.6 Å². The summed E-state index contributed by atoms with van der Waals surface area (Å²) in [5, 5.41) is 2.80. The SMILES string of the molecule is C[C@@H](C(=O)NCC1=CCCCC1)N(c1ccc(F)cc1)S(C)(=O)=O. The number of nitrogens with zero attached hydrogens (tertiary/aromatic N) is 1. The zero-order valence-electron chi connectivity index (χ0n) is 14.0. The third-order valence-electron chi connectivity index (χ3n) is 4.04. The number of amides is 1. The molecule has 0 fully saturated rings. The van der Waals surface area contributed by atoms with E-state index in [9.17, 15) is 17.6 Å². The molecule has 1 amide bonds. The first-order valence-corrected chi connectivity index (χ1v) is 9.84. The van der Waals surface area contributed by atoms with Gasteiger partial charge in [0.1, 0.15) is 11.9 Å². The largest absolute Gasteiger partial charge is 0.351 e. The maximum Gasteiger partial charge on any atom is 0.243 e. The van der Waals surface area contributed by atoms with Crippen LogP contribution < -0.4 is 9.62 Å². The molecule has 2 rings (SSSR count). The number of anilines is 1. The fourth-order valence-electron chi connectivity index (χ4n) is 2.81. The van der Waals surface area contributed by atoms with E-state index in [2.05, 4.69) is 11.4 Å². The van der Waals surface area contributed by atoms with Crippen molar-refractivity contribution in [2.75, 3.05) is 17.1 Å². The van der Waals surface area contributed by atoms with Gasteiger partial charge in [-0.3, -0.25) is 9.10 Å². The Labute approximate surface area is 142 Å². The molecule has 24 heavy (non-hydrogen) atoms. The number of rotatable bonds is 6. The Bertz CT molecular complexity index is 714. The monoisotopic (exact) mass is 354 g/mol. The number of hydrogen-bond donors (Lipinski definition) is 1. The second-order valence-corrected chi connectivity index (χ2v) is 7.90. The fraction of sp³-hybridized carbons (Fsp3) is 0.471. The van der Waals surface area contributed by atoms with Crippen LogP contribution in [0.1, 0.15) is 32.6 Å². The van der Waals surface area contributed by atoms with Gasteiger partial charge in [0.2, 0.25) is 15.9 Å². The molecule has 132 valence electrons. The van der Waals surface area contributed by atoms with E-state index >= 15 is 0 Å². The molecule has 0 heterocycles. The molecule has 5 nitrogen and oxygen atoms in total. The maximum atomic E-state index is 13.1. The lowest BCUT2D eigenvalue weighted by Gasteiger charge is -2.28. The summed E-state index contributed by atoms with van der Waals surface area (Å²) < 4.78 is 38.3. The van der Waals surface area contributed by atoms with Gasteiger partial charge in [0.25, 0.3) is 0 Å². The summed E-state index contributed by atoms with van der Waals surface area (Å²) in [5.41, 5.74) is 1.44. The summed E-state index contributed by atoms with van der Waals surface area (Å²) in [5.74, 6) is -0.843. The molecule has 0 aromatic heterocycles. The van der Waals surface area contributed by atoms with E-state index in [0.29, 0.717) is 6.54 Å². The van der Waals surface area contributed by atoms with E-state index in [4.69, 9.17) is 0 Å². The second-order valence-electron chi connectivity index (χ2n) is 6.04. The molecule has 1 aliphatic rings. The highest BCUT2D eigenvalue weighted by Gasteiger charge is 2.29. The van der Waals surface area contributed by atoms with E-state index in [1.54, 1.807) is 0 Å². The van der Waals surface area contributed by atoms with Crippen molar-refractivity contribution in [2.45, 2.75) is 38.6 Å². The first-order valence-electron chi connectivity index (χ1n) is 7.99. The minimum absolute atomic E-state index is 0.262. The highest BCUT2D eigenvalue weighted by Crippen LogP contribution is 2.21. The minimum atomic E-state index is -3.68. The Hall–Kier alpha value is -1.89. The average Bonchev–Trinajstić information content (AvgIpc) is 2.54. The number of halogens is 1. The normalized spacial score (nSPS) is 16.2. The van der Waals surface area contributed by atoms with Gasteiger partial charge < -0.3 is 5.32 Å². The molecular weight excluding hydrogens is 331 g/mol. The van der Waals surface area contributed by atoms with Crippen LogP contribution in [-0.4, -0.2) is 33.2 Å². The van der Waals surface area contributed by atoms with Crippen LogP contribution >= 0.6 is 0 Å². The first-order chi connectivity index (χ1) is 11.3. The third kappa shape index (κ3) is 4.80. The van der Waals surface area contributed by atoms with E-state index in [-0.39, 0.29) is 11.6 Å². The van der Waals surface area contributed by atoms with Crippen molar-refractivity contribution in [3.63, 3.8) is 0 Å². The molecule has 0 radical (unpaired) electrons. The van der Waals surface area contributed by atoms with Gasteiger partial charge in [0, 0.05) is 6.54 Å². The van der Waals surface area contributed by atoms with Crippen molar-refractivity contribution in [2.24, 2.45) is 0 Å². The molecule has 1 atom stereocenters. The molecule has 0 aliphatic heterocycles. The second kappa shape index (κ2) is 7.79. The molecule has 0 bridgehead atoms. The van der Waals surface area contributed by atoms with E-state index in [1.807, 2.05) is 0 Å². The molecule has 0 unspecified atom stereocenters. The van der Waals surface area contributed by atoms with Crippen LogP contribution in [-0.2, 0) is 14.8 Å². The Morgan fingerprint density at radius 2 is 1.96 bits per heavy atom. The van der Waals surface area contributed by atoms with Crippen LogP contribution in [0.25, 0.3) is 0 Å². The van der Waals surface area contributed by atoms with Gasteiger partial charge in [-0.15, -0.1) is 0 Å². The standard InChI is InChI=1S/C17H23FN2O3S/c1-13(17(21)19-12-14-6-4-3-5-7-14)20(24(2,22)23)16-10-8-15(18)9-11-16/h6,8-11,13H,3-5,7,12H2,1-2H3,(H,19,21)/t13-/m0/s1. The van der Waals surface area contributed by atoms with E-state index < -0.39 is 21.9 Å². The van der Waals surface area contributed by atoms with Gasteiger partial charge >= 0.3 is 0 Å². The van der Waals surface area contributed by atoms with Crippen LogP contribution in [0.5, 0.6) is 0 Å². The van der Waals surface area contributed by atoms with Crippen molar-refractivity contribution in [3.05, 3.63) is 41.7 Å². The Balaban J connectivity index is 2.12. The van der Waals surface area contributed by atoms with Crippen molar-refractivity contribution in [1.29, 1.82) is 0 Å².